The van der Waals surface area contributed by atoms with E-state index >= 15 is 0 Å². The highest BCUT2D eigenvalue weighted by molar-refractivity contribution is 5.81. The Bertz CT molecular complexity index is 301. The van der Waals surface area contributed by atoms with Gasteiger partial charge < -0.3 is 15.7 Å². The highest BCUT2D eigenvalue weighted by atomic mass is 16.4. The van der Waals surface area contributed by atoms with Crippen molar-refractivity contribution in [3.63, 3.8) is 0 Å². The number of carbonyl (C=O) groups excluding carboxylic acids is 1. The molecule has 5 heteroatoms. The lowest BCUT2D eigenvalue weighted by atomic mass is 9.84. The highest BCUT2D eigenvalue weighted by Gasteiger charge is 2.22. The van der Waals surface area contributed by atoms with Gasteiger partial charge in [-0.25, -0.2) is 0 Å². The number of amides is 1. The summed E-state index contributed by atoms with van der Waals surface area (Å²) in [5, 5.41) is 8.85. The van der Waals surface area contributed by atoms with Gasteiger partial charge in [-0.1, -0.05) is 27.7 Å². The molecule has 0 aliphatic rings. The van der Waals surface area contributed by atoms with Crippen molar-refractivity contribution >= 4 is 11.9 Å². The predicted molar refractivity (Wildman–Crippen MR) is 75.7 cm³/mol. The van der Waals surface area contributed by atoms with Gasteiger partial charge in [-0.3, -0.25) is 9.59 Å². The van der Waals surface area contributed by atoms with Gasteiger partial charge in [0.2, 0.25) is 5.91 Å². The second-order valence-corrected chi connectivity index (χ2v) is 6.26. The van der Waals surface area contributed by atoms with E-state index in [1.807, 2.05) is 13.8 Å². The van der Waals surface area contributed by atoms with Gasteiger partial charge >= 0.3 is 5.97 Å². The normalized spacial score (nSPS) is 11.7. The summed E-state index contributed by atoms with van der Waals surface area (Å²) in [6, 6.07) is 0. The molecule has 0 saturated carbocycles. The third kappa shape index (κ3) is 8.59. The van der Waals surface area contributed by atoms with Crippen molar-refractivity contribution in [3.05, 3.63) is 0 Å². The molecule has 112 valence electrons. The minimum atomic E-state index is -0.963. The third-order valence-electron chi connectivity index (χ3n) is 3.10. The fraction of sp³-hybridized carbons (Fsp3) is 0.857. The highest BCUT2D eigenvalue weighted by Crippen LogP contribution is 2.26. The zero-order chi connectivity index (χ0) is 15.1. The molecule has 0 bridgehead atoms. The molecule has 0 aromatic heterocycles. The molecule has 0 radical (unpaired) electrons. The number of carboxylic acids is 1. The molecular formula is C14H28N2O3. The summed E-state index contributed by atoms with van der Waals surface area (Å²) in [6.45, 7) is 8.98. The molecule has 0 aromatic carbocycles. The van der Waals surface area contributed by atoms with Crippen molar-refractivity contribution in [3.8, 4) is 0 Å². The number of hydrogen-bond donors (Lipinski definition) is 2. The van der Waals surface area contributed by atoms with E-state index in [1.54, 1.807) is 0 Å². The first kappa shape index (κ1) is 17.9. The largest absolute Gasteiger partial charge is 0.480 e. The third-order valence-corrected chi connectivity index (χ3v) is 3.10. The molecule has 0 aliphatic heterocycles. The standard InChI is InChI=1S/C14H28N2O3/c1-11(2)9-16(10-13(18)19)12(17)5-6-14(3,4)7-8-15/h11H,5-10,15H2,1-4H3,(H,18,19). The lowest BCUT2D eigenvalue weighted by Crippen LogP contribution is -2.38. The van der Waals surface area contributed by atoms with Gasteiger partial charge in [-0.05, 0) is 30.7 Å². The Kier molecular flexibility index (Phi) is 7.68. The van der Waals surface area contributed by atoms with Crippen molar-refractivity contribution in [1.82, 2.24) is 4.90 Å². The van der Waals surface area contributed by atoms with Gasteiger partial charge in [0.1, 0.15) is 6.54 Å². The molecule has 0 fully saturated rings. The number of nitrogens with zero attached hydrogens (tertiary/aromatic N) is 1. The topological polar surface area (TPSA) is 83.6 Å². The fourth-order valence-electron chi connectivity index (χ4n) is 1.98. The lowest BCUT2D eigenvalue weighted by molar-refractivity contribution is -0.145. The van der Waals surface area contributed by atoms with E-state index in [-0.39, 0.29) is 23.8 Å². The maximum Gasteiger partial charge on any atom is 0.323 e. The van der Waals surface area contributed by atoms with Crippen LogP contribution in [0, 0.1) is 11.3 Å². The van der Waals surface area contributed by atoms with E-state index in [0.717, 1.165) is 12.8 Å². The van der Waals surface area contributed by atoms with Crippen LogP contribution in [0.5, 0.6) is 0 Å². The summed E-state index contributed by atoms with van der Waals surface area (Å²) in [7, 11) is 0. The zero-order valence-electron chi connectivity index (χ0n) is 12.6. The number of aliphatic carboxylic acids is 1. The van der Waals surface area contributed by atoms with Gasteiger partial charge in [-0.2, -0.15) is 0 Å². The number of hydrogen-bond acceptors (Lipinski definition) is 3. The minimum Gasteiger partial charge on any atom is -0.480 e. The molecule has 5 nitrogen and oxygen atoms in total. The molecule has 3 N–H and O–H groups in total. The van der Waals surface area contributed by atoms with Gasteiger partial charge in [0.05, 0.1) is 0 Å². The summed E-state index contributed by atoms with van der Waals surface area (Å²) in [6.07, 6.45) is 1.98. The molecule has 0 spiro atoms. The maximum absolute atomic E-state index is 12.1. The second kappa shape index (κ2) is 8.15. The van der Waals surface area contributed by atoms with E-state index in [4.69, 9.17) is 10.8 Å². The van der Waals surface area contributed by atoms with Crippen LogP contribution in [0.15, 0.2) is 0 Å². The number of carboxylic acid groups (broad SMARTS) is 1. The maximum atomic E-state index is 12.1. The first-order valence-corrected chi connectivity index (χ1v) is 6.87. The zero-order valence-corrected chi connectivity index (χ0v) is 12.6. The predicted octanol–water partition coefficient (Wildman–Crippen LogP) is 1.71. The summed E-state index contributed by atoms with van der Waals surface area (Å²) in [4.78, 5) is 24.3. The summed E-state index contributed by atoms with van der Waals surface area (Å²) < 4.78 is 0. The van der Waals surface area contributed by atoms with E-state index in [9.17, 15) is 9.59 Å². The Morgan fingerprint density at radius 3 is 2.26 bits per heavy atom. The van der Waals surface area contributed by atoms with Crippen LogP contribution in [-0.4, -0.2) is 41.5 Å². The molecule has 0 unspecified atom stereocenters. The Morgan fingerprint density at radius 2 is 1.84 bits per heavy atom. The van der Waals surface area contributed by atoms with Gasteiger partial charge in [0, 0.05) is 13.0 Å². The van der Waals surface area contributed by atoms with Gasteiger partial charge in [-0.15, -0.1) is 0 Å². The van der Waals surface area contributed by atoms with Gasteiger partial charge in [0.15, 0.2) is 0 Å². The first-order valence-electron chi connectivity index (χ1n) is 6.87. The Hall–Kier alpha value is -1.10. The number of nitrogens with two attached hydrogens (primary N) is 1. The van der Waals surface area contributed by atoms with Crippen molar-refractivity contribution < 1.29 is 14.7 Å². The van der Waals surface area contributed by atoms with E-state index in [0.29, 0.717) is 19.5 Å². The molecule has 0 rings (SSSR count). The van der Waals surface area contributed by atoms with Crippen LogP contribution in [0.2, 0.25) is 0 Å². The Labute approximate surface area is 116 Å². The molecule has 1 amide bonds. The van der Waals surface area contributed by atoms with Crippen LogP contribution in [0.25, 0.3) is 0 Å². The molecule has 0 atom stereocenters. The molecule has 0 heterocycles. The minimum absolute atomic E-state index is 0.0249. The van der Waals surface area contributed by atoms with Crippen LogP contribution >= 0.6 is 0 Å². The van der Waals surface area contributed by atoms with Crippen molar-refractivity contribution in [2.45, 2.75) is 47.0 Å². The smallest absolute Gasteiger partial charge is 0.323 e. The monoisotopic (exact) mass is 272 g/mol. The molecule has 0 aromatic rings. The Morgan fingerprint density at radius 1 is 1.26 bits per heavy atom. The fourth-order valence-corrected chi connectivity index (χ4v) is 1.98. The van der Waals surface area contributed by atoms with E-state index in [1.165, 1.54) is 4.90 Å². The van der Waals surface area contributed by atoms with E-state index in [2.05, 4.69) is 13.8 Å². The van der Waals surface area contributed by atoms with Crippen LogP contribution in [0.4, 0.5) is 0 Å². The second-order valence-electron chi connectivity index (χ2n) is 6.26. The van der Waals surface area contributed by atoms with Crippen LogP contribution in [0.1, 0.15) is 47.0 Å². The Balaban J connectivity index is 4.43. The molecule has 0 saturated heterocycles. The van der Waals surface area contributed by atoms with Crippen LogP contribution in [-0.2, 0) is 9.59 Å². The lowest BCUT2D eigenvalue weighted by Gasteiger charge is -2.27. The average Bonchev–Trinajstić information content (AvgIpc) is 2.23. The summed E-state index contributed by atoms with van der Waals surface area (Å²) in [5.41, 5.74) is 5.56. The van der Waals surface area contributed by atoms with Gasteiger partial charge in [0.25, 0.3) is 0 Å². The molecule has 0 aliphatic carbocycles. The van der Waals surface area contributed by atoms with Crippen molar-refractivity contribution in [1.29, 1.82) is 0 Å². The molecular weight excluding hydrogens is 244 g/mol. The van der Waals surface area contributed by atoms with Crippen molar-refractivity contribution in [2.24, 2.45) is 17.1 Å². The SMILES string of the molecule is CC(C)CN(CC(=O)O)C(=O)CCC(C)(C)CCN. The van der Waals surface area contributed by atoms with Crippen molar-refractivity contribution in [2.75, 3.05) is 19.6 Å². The van der Waals surface area contributed by atoms with Crippen LogP contribution in [0.3, 0.4) is 0 Å². The molecule has 19 heavy (non-hydrogen) atoms. The number of rotatable bonds is 9. The van der Waals surface area contributed by atoms with Crippen LogP contribution < -0.4 is 5.73 Å². The summed E-state index contributed by atoms with van der Waals surface area (Å²) in [5.74, 6) is -0.781. The first-order chi connectivity index (χ1) is 8.68. The van der Waals surface area contributed by atoms with E-state index < -0.39 is 5.97 Å². The quantitative estimate of drug-likeness (QED) is 0.669. The summed E-state index contributed by atoms with van der Waals surface area (Å²) >= 11 is 0. The number of carbonyl (C=O) groups is 2. The average molecular weight is 272 g/mol.